The van der Waals surface area contributed by atoms with Gasteiger partial charge in [0.1, 0.15) is 11.8 Å². The summed E-state index contributed by atoms with van der Waals surface area (Å²) in [5.74, 6) is 0.297. The fourth-order valence-corrected chi connectivity index (χ4v) is 3.71. The van der Waals surface area contributed by atoms with Crippen LogP contribution < -0.4 is 10.1 Å². The Balaban J connectivity index is 2.27. The lowest BCUT2D eigenvalue weighted by Gasteiger charge is -2.31. The van der Waals surface area contributed by atoms with Crippen LogP contribution in [-0.2, 0) is 21.5 Å². The molecule has 2 rings (SSSR count). The van der Waals surface area contributed by atoms with Gasteiger partial charge < -0.3 is 15.0 Å². The Kier molecular flexibility index (Phi) is 9.78. The second-order valence-corrected chi connectivity index (χ2v) is 9.86. The van der Waals surface area contributed by atoms with Crippen molar-refractivity contribution in [2.75, 3.05) is 6.61 Å². The first-order valence-corrected chi connectivity index (χ1v) is 12.0. The van der Waals surface area contributed by atoms with Gasteiger partial charge in [0.15, 0.2) is 6.61 Å². The molecule has 1 N–H and O–H groups in total. The Morgan fingerprint density at radius 3 is 2.24 bits per heavy atom. The first kappa shape index (κ1) is 26.7. The van der Waals surface area contributed by atoms with E-state index in [1.54, 1.807) is 17.0 Å². The molecule has 0 aliphatic heterocycles. The van der Waals surface area contributed by atoms with Crippen molar-refractivity contribution < 1.29 is 14.3 Å². The summed E-state index contributed by atoms with van der Waals surface area (Å²) in [5, 5.41) is 3.64. The molecule has 5 nitrogen and oxygen atoms in total. The average Bonchev–Trinajstić information content (AvgIpc) is 2.78. The number of para-hydroxylation sites is 1. The number of nitrogens with one attached hydrogen (secondary N) is 1. The summed E-state index contributed by atoms with van der Waals surface area (Å²) in [7, 11) is 0. The molecule has 2 aromatic rings. The summed E-state index contributed by atoms with van der Waals surface area (Å²) < 4.78 is 6.00. The van der Waals surface area contributed by atoms with Crippen LogP contribution in [-0.4, -0.2) is 35.4 Å². The van der Waals surface area contributed by atoms with Gasteiger partial charge in [-0.05, 0) is 54.5 Å². The van der Waals surface area contributed by atoms with Crippen LogP contribution >= 0.6 is 11.6 Å². The van der Waals surface area contributed by atoms with E-state index in [-0.39, 0.29) is 29.9 Å². The molecule has 0 radical (unpaired) electrons. The number of ether oxygens (including phenoxy) is 1. The van der Waals surface area contributed by atoms with E-state index in [4.69, 9.17) is 16.3 Å². The summed E-state index contributed by atoms with van der Waals surface area (Å²) in [5.41, 5.74) is 1.81. The number of amides is 2. The third kappa shape index (κ3) is 7.78. The van der Waals surface area contributed by atoms with Gasteiger partial charge in [0, 0.05) is 17.6 Å². The lowest BCUT2D eigenvalue weighted by atomic mass is 9.86. The molecule has 0 aliphatic rings. The van der Waals surface area contributed by atoms with Gasteiger partial charge in [-0.3, -0.25) is 9.59 Å². The molecule has 33 heavy (non-hydrogen) atoms. The van der Waals surface area contributed by atoms with E-state index in [1.165, 1.54) is 0 Å². The molecular formula is C27H37ClN2O3. The molecule has 0 unspecified atom stereocenters. The van der Waals surface area contributed by atoms with Crippen molar-refractivity contribution in [3.63, 3.8) is 0 Å². The molecule has 0 aromatic heterocycles. The molecule has 0 heterocycles. The van der Waals surface area contributed by atoms with Crippen molar-refractivity contribution in [3.8, 4) is 5.75 Å². The number of hydrogen-bond donors (Lipinski definition) is 1. The highest BCUT2D eigenvalue weighted by Gasteiger charge is 2.30. The monoisotopic (exact) mass is 472 g/mol. The number of nitrogens with zero attached hydrogens (tertiary/aromatic N) is 1. The van der Waals surface area contributed by atoms with Gasteiger partial charge >= 0.3 is 0 Å². The van der Waals surface area contributed by atoms with Crippen LogP contribution in [0.1, 0.15) is 65.5 Å². The highest BCUT2D eigenvalue weighted by atomic mass is 35.5. The molecular weight excluding hydrogens is 436 g/mol. The minimum atomic E-state index is -0.594. The minimum absolute atomic E-state index is 0.0361. The molecule has 0 saturated carbocycles. The molecule has 2 atom stereocenters. The van der Waals surface area contributed by atoms with E-state index >= 15 is 0 Å². The van der Waals surface area contributed by atoms with E-state index in [2.05, 4.69) is 26.1 Å². The smallest absolute Gasteiger partial charge is 0.261 e. The molecule has 0 spiro atoms. The molecule has 0 bridgehead atoms. The Labute approximate surface area is 203 Å². The predicted molar refractivity (Wildman–Crippen MR) is 135 cm³/mol. The lowest BCUT2D eigenvalue weighted by Crippen LogP contribution is -2.51. The summed E-state index contributed by atoms with van der Waals surface area (Å²) in [6, 6.07) is 14.5. The van der Waals surface area contributed by atoms with Gasteiger partial charge in [-0.15, -0.1) is 0 Å². The molecule has 0 aliphatic carbocycles. The first-order valence-electron chi connectivity index (χ1n) is 11.6. The number of hydrogen-bond acceptors (Lipinski definition) is 3. The molecule has 6 heteroatoms. The summed E-state index contributed by atoms with van der Waals surface area (Å²) >= 11 is 6.03. The Bertz CT molecular complexity index is 922. The second-order valence-electron chi connectivity index (χ2n) is 9.42. The Hall–Kier alpha value is -2.53. The minimum Gasteiger partial charge on any atom is -0.483 e. The Morgan fingerprint density at radius 2 is 1.67 bits per heavy atom. The molecule has 2 aromatic carbocycles. The normalized spacial score (nSPS) is 13.2. The van der Waals surface area contributed by atoms with Crippen LogP contribution in [0.25, 0.3) is 0 Å². The van der Waals surface area contributed by atoms with Crippen LogP contribution in [0.4, 0.5) is 0 Å². The van der Waals surface area contributed by atoms with Crippen molar-refractivity contribution in [1.29, 1.82) is 0 Å². The first-order chi connectivity index (χ1) is 15.6. The van der Waals surface area contributed by atoms with E-state index in [1.807, 2.05) is 57.2 Å². The van der Waals surface area contributed by atoms with Crippen LogP contribution in [0.5, 0.6) is 5.75 Å². The molecule has 0 saturated heterocycles. The molecule has 180 valence electrons. The average molecular weight is 473 g/mol. The number of benzene rings is 2. The zero-order valence-electron chi connectivity index (χ0n) is 20.7. The zero-order valence-corrected chi connectivity index (χ0v) is 21.4. The maximum Gasteiger partial charge on any atom is 0.261 e. The third-order valence-corrected chi connectivity index (χ3v) is 5.95. The van der Waals surface area contributed by atoms with Crippen LogP contribution in [0.2, 0.25) is 5.02 Å². The van der Waals surface area contributed by atoms with Gasteiger partial charge in [-0.2, -0.15) is 0 Å². The maximum absolute atomic E-state index is 13.4. The second kappa shape index (κ2) is 12.1. The lowest BCUT2D eigenvalue weighted by molar-refractivity contribution is -0.143. The standard InChI is InChI=1S/C27H37ClN2O3/c1-7-19(3)29-26(32)23(8-2)30(17-20-13-15-21(28)16-14-20)25(31)18-33-24-12-10-9-11-22(24)27(4,5)6/h9-16,19,23H,7-8,17-18H2,1-6H3,(H,29,32)/t19-,23-/m0/s1. The summed E-state index contributed by atoms with van der Waals surface area (Å²) in [4.78, 5) is 28.0. The fraction of sp³-hybridized carbons (Fsp3) is 0.481. The zero-order chi connectivity index (χ0) is 24.6. The van der Waals surface area contributed by atoms with E-state index in [0.717, 1.165) is 17.5 Å². The van der Waals surface area contributed by atoms with Gasteiger partial charge in [0.2, 0.25) is 5.91 Å². The number of halogens is 1. The predicted octanol–water partition coefficient (Wildman–Crippen LogP) is 5.74. The largest absolute Gasteiger partial charge is 0.483 e. The highest BCUT2D eigenvalue weighted by molar-refractivity contribution is 6.30. The van der Waals surface area contributed by atoms with Gasteiger partial charge in [-0.25, -0.2) is 0 Å². The van der Waals surface area contributed by atoms with Gasteiger partial charge in [0.05, 0.1) is 0 Å². The van der Waals surface area contributed by atoms with Crippen molar-refractivity contribution in [3.05, 3.63) is 64.7 Å². The van der Waals surface area contributed by atoms with E-state index in [0.29, 0.717) is 23.7 Å². The maximum atomic E-state index is 13.4. The highest BCUT2D eigenvalue weighted by Crippen LogP contribution is 2.31. The van der Waals surface area contributed by atoms with Crippen molar-refractivity contribution in [2.24, 2.45) is 0 Å². The summed E-state index contributed by atoms with van der Waals surface area (Å²) in [6.07, 6.45) is 1.32. The van der Waals surface area contributed by atoms with Crippen LogP contribution in [0.3, 0.4) is 0 Å². The topological polar surface area (TPSA) is 58.6 Å². The summed E-state index contributed by atoms with van der Waals surface area (Å²) in [6.45, 7) is 12.4. The van der Waals surface area contributed by atoms with Crippen molar-refractivity contribution in [2.45, 2.75) is 78.4 Å². The van der Waals surface area contributed by atoms with E-state index in [9.17, 15) is 9.59 Å². The third-order valence-electron chi connectivity index (χ3n) is 5.70. The van der Waals surface area contributed by atoms with Gasteiger partial charge in [0.25, 0.3) is 5.91 Å². The van der Waals surface area contributed by atoms with E-state index < -0.39 is 6.04 Å². The van der Waals surface area contributed by atoms with Crippen molar-refractivity contribution in [1.82, 2.24) is 10.2 Å². The Morgan fingerprint density at radius 1 is 1.03 bits per heavy atom. The number of rotatable bonds is 10. The van der Waals surface area contributed by atoms with Crippen LogP contribution in [0, 0.1) is 0 Å². The molecule has 0 fully saturated rings. The van der Waals surface area contributed by atoms with Gasteiger partial charge in [-0.1, -0.05) is 76.6 Å². The quantitative estimate of drug-likeness (QED) is 0.479. The number of carbonyl (C=O) groups excluding carboxylic acids is 2. The fourth-order valence-electron chi connectivity index (χ4n) is 3.58. The number of carbonyl (C=O) groups is 2. The molecule has 2 amide bonds. The van der Waals surface area contributed by atoms with Crippen molar-refractivity contribution >= 4 is 23.4 Å². The van der Waals surface area contributed by atoms with Crippen LogP contribution in [0.15, 0.2) is 48.5 Å². The SMILES string of the molecule is CC[C@H](C)NC(=O)[C@H](CC)N(Cc1ccc(Cl)cc1)C(=O)COc1ccccc1C(C)(C)C.